The summed E-state index contributed by atoms with van der Waals surface area (Å²) < 4.78 is 8.65. The summed E-state index contributed by atoms with van der Waals surface area (Å²) in [7, 11) is 0. The third-order valence-electron chi connectivity index (χ3n) is 8.85. The van der Waals surface area contributed by atoms with Crippen LogP contribution in [0.25, 0.3) is 72.2 Å². The summed E-state index contributed by atoms with van der Waals surface area (Å²) in [5.41, 5.74) is 10.6. The summed E-state index contributed by atoms with van der Waals surface area (Å²) in [4.78, 5) is 10.5. The average Bonchev–Trinajstić information content (AvgIpc) is 3.63. The molecule has 0 aliphatic heterocycles. The van der Waals surface area contributed by atoms with Gasteiger partial charge in [-0.15, -0.1) is 0 Å². The van der Waals surface area contributed by atoms with Gasteiger partial charge in [0.05, 0.1) is 22.1 Å². The Morgan fingerprint density at radius 1 is 0.634 bits per heavy atom. The van der Waals surface area contributed by atoms with Gasteiger partial charge in [0.1, 0.15) is 5.58 Å². The Hall–Kier alpha value is -5.22. The lowest BCUT2D eigenvalue weighted by Gasteiger charge is -2.21. The van der Waals surface area contributed by atoms with Gasteiger partial charge in [-0.05, 0) is 28.8 Å². The van der Waals surface area contributed by atoms with E-state index < -0.39 is 0 Å². The molecule has 8 aromatic rings. The van der Waals surface area contributed by atoms with Crippen molar-refractivity contribution in [1.82, 2.24) is 14.5 Å². The number of hydrogen-bond acceptors (Lipinski definition) is 3. The van der Waals surface area contributed by atoms with Crippen molar-refractivity contribution in [3.05, 3.63) is 126 Å². The molecule has 3 aromatic heterocycles. The van der Waals surface area contributed by atoms with Gasteiger partial charge in [0.25, 0.3) is 0 Å². The molecule has 0 saturated heterocycles. The molecule has 0 saturated carbocycles. The highest BCUT2D eigenvalue weighted by atomic mass is 16.3. The van der Waals surface area contributed by atoms with Gasteiger partial charge < -0.3 is 4.42 Å². The van der Waals surface area contributed by atoms with Crippen LogP contribution in [-0.2, 0) is 5.41 Å². The highest BCUT2D eigenvalue weighted by Gasteiger charge is 2.37. The van der Waals surface area contributed by atoms with Crippen molar-refractivity contribution in [2.24, 2.45) is 0 Å². The van der Waals surface area contributed by atoms with E-state index in [1.54, 1.807) is 0 Å². The van der Waals surface area contributed by atoms with Crippen molar-refractivity contribution in [1.29, 1.82) is 0 Å². The van der Waals surface area contributed by atoms with Crippen molar-refractivity contribution in [3.63, 3.8) is 0 Å². The molecule has 0 atom stereocenters. The Labute approximate surface area is 236 Å². The van der Waals surface area contributed by atoms with E-state index >= 15 is 0 Å². The summed E-state index contributed by atoms with van der Waals surface area (Å²) in [5, 5.41) is 4.34. The Bertz CT molecular complexity index is 2340. The third-order valence-corrected chi connectivity index (χ3v) is 8.85. The van der Waals surface area contributed by atoms with Gasteiger partial charge in [0.2, 0.25) is 11.7 Å². The van der Waals surface area contributed by atoms with Gasteiger partial charge in [0, 0.05) is 32.7 Å². The van der Waals surface area contributed by atoms with Gasteiger partial charge in [-0.3, -0.25) is 4.57 Å². The molecule has 0 spiro atoms. The molecule has 41 heavy (non-hydrogen) atoms. The second-order valence-electron chi connectivity index (χ2n) is 11.4. The molecule has 0 fully saturated rings. The van der Waals surface area contributed by atoms with E-state index in [0.717, 1.165) is 38.6 Å². The van der Waals surface area contributed by atoms with Crippen LogP contribution in [-0.4, -0.2) is 14.5 Å². The summed E-state index contributed by atoms with van der Waals surface area (Å²) in [5.74, 6) is 0.609. The van der Waals surface area contributed by atoms with E-state index in [4.69, 9.17) is 14.4 Å². The Morgan fingerprint density at radius 3 is 2.24 bits per heavy atom. The monoisotopic (exact) mass is 527 g/mol. The van der Waals surface area contributed by atoms with E-state index in [1.807, 2.05) is 24.3 Å². The fourth-order valence-corrected chi connectivity index (χ4v) is 6.97. The number of hydrogen-bond donors (Lipinski definition) is 0. The molecule has 0 unspecified atom stereocenters. The highest BCUT2D eigenvalue weighted by molar-refractivity contribution is 6.16. The van der Waals surface area contributed by atoms with Crippen LogP contribution < -0.4 is 0 Å². The fraction of sp³-hybridized carbons (Fsp3) is 0.0811. The van der Waals surface area contributed by atoms with Crippen LogP contribution in [0, 0.1) is 0 Å². The Morgan fingerprint density at radius 2 is 1.37 bits per heavy atom. The quantitative estimate of drug-likeness (QED) is 0.225. The standard InChI is InChI=1S/C37H25N3O/c1-37(2)27-17-9-6-15-25(27)31-28(37)21-20-24-23-14-7-10-18-29(23)40(34(24)31)36-38-33(22-12-4-3-5-13-22)32-26-16-8-11-19-30(26)41-35(32)39-36/h3-21H,1-2H3. The zero-order chi connectivity index (χ0) is 27.3. The first-order chi connectivity index (χ1) is 20.1. The molecule has 0 amide bonds. The largest absolute Gasteiger partial charge is 0.437 e. The molecule has 4 heteroatoms. The summed E-state index contributed by atoms with van der Waals surface area (Å²) in [6.07, 6.45) is 0. The third kappa shape index (κ3) is 2.94. The van der Waals surface area contributed by atoms with Crippen molar-refractivity contribution in [2.75, 3.05) is 0 Å². The van der Waals surface area contributed by atoms with Gasteiger partial charge in [-0.1, -0.05) is 117 Å². The number of benzene rings is 5. The summed E-state index contributed by atoms with van der Waals surface area (Å²) >= 11 is 0. The van der Waals surface area contributed by atoms with Crippen molar-refractivity contribution in [2.45, 2.75) is 19.3 Å². The zero-order valence-corrected chi connectivity index (χ0v) is 22.7. The summed E-state index contributed by atoms with van der Waals surface area (Å²) in [6.45, 7) is 4.64. The van der Waals surface area contributed by atoms with Crippen LogP contribution in [0.15, 0.2) is 120 Å². The molecule has 5 aromatic carbocycles. The fourth-order valence-electron chi connectivity index (χ4n) is 6.97. The van der Waals surface area contributed by atoms with Crippen LogP contribution >= 0.6 is 0 Å². The smallest absolute Gasteiger partial charge is 0.238 e. The second-order valence-corrected chi connectivity index (χ2v) is 11.4. The maximum absolute atomic E-state index is 6.39. The molecule has 0 radical (unpaired) electrons. The maximum atomic E-state index is 6.39. The zero-order valence-electron chi connectivity index (χ0n) is 22.7. The SMILES string of the molecule is CC1(C)c2ccccc2-c2c1ccc1c3ccccc3n(-c3nc(-c4ccccc4)c4c(n3)oc3ccccc34)c21. The van der Waals surface area contributed by atoms with Gasteiger partial charge in [-0.25, -0.2) is 4.98 Å². The van der Waals surface area contributed by atoms with Crippen LogP contribution in [0.3, 0.4) is 0 Å². The predicted molar refractivity (Wildman–Crippen MR) is 167 cm³/mol. The Kier molecular flexibility index (Phi) is 4.36. The van der Waals surface area contributed by atoms with E-state index in [9.17, 15) is 0 Å². The van der Waals surface area contributed by atoms with Gasteiger partial charge in [0.15, 0.2) is 0 Å². The minimum absolute atomic E-state index is 0.111. The lowest BCUT2D eigenvalue weighted by Crippen LogP contribution is -2.14. The lowest BCUT2D eigenvalue weighted by molar-refractivity contribution is 0.651. The number of rotatable bonds is 2. The minimum Gasteiger partial charge on any atom is -0.437 e. The molecular formula is C37H25N3O. The topological polar surface area (TPSA) is 43.9 Å². The number of furan rings is 1. The van der Waals surface area contributed by atoms with E-state index in [0.29, 0.717) is 11.7 Å². The van der Waals surface area contributed by atoms with Crippen LogP contribution in [0.2, 0.25) is 0 Å². The van der Waals surface area contributed by atoms with Crippen LogP contribution in [0.1, 0.15) is 25.0 Å². The molecule has 3 heterocycles. The summed E-state index contributed by atoms with van der Waals surface area (Å²) in [6, 6.07) is 40.4. The molecular weight excluding hydrogens is 502 g/mol. The van der Waals surface area contributed by atoms with Gasteiger partial charge in [-0.2, -0.15) is 4.98 Å². The normalized spacial score (nSPS) is 13.8. The van der Waals surface area contributed by atoms with Crippen LogP contribution in [0.4, 0.5) is 0 Å². The maximum Gasteiger partial charge on any atom is 0.238 e. The molecule has 0 bridgehead atoms. The number of aromatic nitrogens is 3. The lowest BCUT2D eigenvalue weighted by atomic mass is 9.82. The van der Waals surface area contributed by atoms with Crippen molar-refractivity contribution in [3.8, 4) is 28.3 Å². The number of nitrogens with zero attached hydrogens (tertiary/aromatic N) is 3. The van der Waals surface area contributed by atoms with E-state index in [-0.39, 0.29) is 5.41 Å². The first kappa shape index (κ1) is 22.6. The molecule has 0 N–H and O–H groups in total. The van der Waals surface area contributed by atoms with Crippen molar-refractivity contribution < 1.29 is 4.42 Å². The minimum atomic E-state index is -0.111. The predicted octanol–water partition coefficient (Wildman–Crippen LogP) is 9.45. The number of para-hydroxylation sites is 2. The second kappa shape index (κ2) is 7.92. The highest BCUT2D eigenvalue weighted by Crippen LogP contribution is 2.52. The molecule has 4 nitrogen and oxygen atoms in total. The first-order valence-electron chi connectivity index (χ1n) is 14.0. The molecule has 1 aliphatic rings. The van der Waals surface area contributed by atoms with Crippen LogP contribution in [0.5, 0.6) is 0 Å². The molecule has 1 aliphatic carbocycles. The average molecular weight is 528 g/mol. The molecule has 194 valence electrons. The van der Waals surface area contributed by atoms with Crippen molar-refractivity contribution >= 4 is 43.9 Å². The first-order valence-corrected chi connectivity index (χ1v) is 14.0. The van der Waals surface area contributed by atoms with Gasteiger partial charge >= 0.3 is 0 Å². The molecule has 9 rings (SSSR count). The van der Waals surface area contributed by atoms with E-state index in [2.05, 4.69) is 109 Å². The Balaban J connectivity index is 1.47. The number of fused-ring (bicyclic) bond motifs is 10. The van der Waals surface area contributed by atoms with E-state index in [1.165, 1.54) is 33.0 Å².